The van der Waals surface area contributed by atoms with Crippen molar-refractivity contribution in [3.8, 4) is 11.6 Å². The van der Waals surface area contributed by atoms with Gasteiger partial charge in [-0.15, -0.1) is 0 Å². The van der Waals surface area contributed by atoms with Crippen LogP contribution in [0.3, 0.4) is 0 Å². The minimum atomic E-state index is -0.140. The number of rotatable bonds is 3. The van der Waals surface area contributed by atoms with Crippen molar-refractivity contribution in [3.63, 3.8) is 0 Å². The Morgan fingerprint density at radius 3 is 2.95 bits per heavy atom. The van der Waals surface area contributed by atoms with E-state index in [0.29, 0.717) is 31.1 Å². The van der Waals surface area contributed by atoms with E-state index >= 15 is 0 Å². The summed E-state index contributed by atoms with van der Waals surface area (Å²) >= 11 is 0. The molecule has 1 amide bonds. The largest absolute Gasteiger partial charge is 0.497 e. The lowest BCUT2D eigenvalue weighted by Gasteiger charge is -2.08. The average Bonchev–Trinajstić information content (AvgIpc) is 2.77. The fourth-order valence-electron chi connectivity index (χ4n) is 2.11. The predicted molar refractivity (Wildman–Crippen MR) is 72.2 cm³/mol. The molecule has 6 heteroatoms. The van der Waals surface area contributed by atoms with E-state index in [9.17, 15) is 4.79 Å². The van der Waals surface area contributed by atoms with Crippen molar-refractivity contribution in [2.45, 2.75) is 6.54 Å². The number of amides is 1. The van der Waals surface area contributed by atoms with Crippen LogP contribution in [0.25, 0.3) is 0 Å². The summed E-state index contributed by atoms with van der Waals surface area (Å²) in [6.45, 7) is 1.51. The molecule has 3 rings (SSSR count). The number of nitrogens with one attached hydrogen (secondary N) is 1. The number of benzene rings is 1. The smallest absolute Gasteiger partial charge is 0.258 e. The zero-order valence-electron chi connectivity index (χ0n) is 11.1. The number of ether oxygens (including phenoxy) is 2. The third-order valence-corrected chi connectivity index (χ3v) is 3.15. The van der Waals surface area contributed by atoms with E-state index in [1.165, 1.54) is 0 Å². The van der Waals surface area contributed by atoms with Gasteiger partial charge in [-0.05, 0) is 17.7 Å². The molecule has 0 saturated heterocycles. The van der Waals surface area contributed by atoms with Crippen LogP contribution in [-0.4, -0.2) is 35.9 Å². The molecule has 0 radical (unpaired) electrons. The molecule has 2 heterocycles. The second-order valence-electron chi connectivity index (χ2n) is 4.47. The zero-order valence-corrected chi connectivity index (χ0v) is 11.1. The SMILES string of the molecule is COc1ccc(Cn2ncc3c2OCCNC3=O)cc1. The van der Waals surface area contributed by atoms with Crippen molar-refractivity contribution >= 4 is 5.91 Å². The Hall–Kier alpha value is -2.50. The van der Waals surface area contributed by atoms with Gasteiger partial charge in [0.05, 0.1) is 26.4 Å². The maximum Gasteiger partial charge on any atom is 0.258 e. The summed E-state index contributed by atoms with van der Waals surface area (Å²) in [7, 11) is 1.63. The van der Waals surface area contributed by atoms with Crippen molar-refractivity contribution in [1.29, 1.82) is 0 Å². The highest BCUT2D eigenvalue weighted by Crippen LogP contribution is 2.21. The Morgan fingerprint density at radius 1 is 1.40 bits per heavy atom. The number of carbonyl (C=O) groups is 1. The summed E-state index contributed by atoms with van der Waals surface area (Å²) in [4.78, 5) is 11.8. The standard InChI is InChI=1S/C14H15N3O3/c1-19-11-4-2-10(3-5-11)9-17-14-12(8-16-17)13(18)15-6-7-20-14/h2-5,8H,6-7,9H2,1H3,(H,15,18). The molecule has 0 saturated carbocycles. The third kappa shape index (κ3) is 2.32. The average molecular weight is 273 g/mol. The molecule has 1 aliphatic heterocycles. The normalized spacial score (nSPS) is 13.9. The fourth-order valence-corrected chi connectivity index (χ4v) is 2.11. The summed E-state index contributed by atoms with van der Waals surface area (Å²) in [6.07, 6.45) is 1.54. The van der Waals surface area contributed by atoms with Crippen LogP contribution in [-0.2, 0) is 6.54 Å². The lowest BCUT2D eigenvalue weighted by molar-refractivity contribution is 0.0957. The van der Waals surface area contributed by atoms with Crippen LogP contribution in [0.2, 0.25) is 0 Å². The molecule has 1 aliphatic rings. The maximum absolute atomic E-state index is 11.8. The van der Waals surface area contributed by atoms with Gasteiger partial charge in [0.25, 0.3) is 5.91 Å². The van der Waals surface area contributed by atoms with Gasteiger partial charge < -0.3 is 14.8 Å². The Bertz CT molecular complexity index is 619. The zero-order chi connectivity index (χ0) is 13.9. The monoisotopic (exact) mass is 273 g/mol. The molecule has 2 aromatic rings. The molecule has 0 fully saturated rings. The van der Waals surface area contributed by atoms with Gasteiger partial charge in [-0.1, -0.05) is 12.1 Å². The van der Waals surface area contributed by atoms with Gasteiger partial charge in [0, 0.05) is 0 Å². The number of carbonyl (C=O) groups excluding carboxylic acids is 1. The first-order valence-electron chi connectivity index (χ1n) is 6.37. The van der Waals surface area contributed by atoms with Crippen LogP contribution in [0, 0.1) is 0 Å². The molecule has 1 aromatic carbocycles. The lowest BCUT2D eigenvalue weighted by Crippen LogP contribution is -2.24. The molecule has 6 nitrogen and oxygen atoms in total. The molecule has 104 valence electrons. The number of fused-ring (bicyclic) bond motifs is 1. The van der Waals surface area contributed by atoms with Crippen LogP contribution in [0.4, 0.5) is 0 Å². The van der Waals surface area contributed by atoms with Crippen molar-refractivity contribution in [1.82, 2.24) is 15.1 Å². The van der Waals surface area contributed by atoms with Gasteiger partial charge in [-0.3, -0.25) is 4.79 Å². The van der Waals surface area contributed by atoms with E-state index in [1.807, 2.05) is 24.3 Å². The van der Waals surface area contributed by atoms with Gasteiger partial charge in [0.15, 0.2) is 0 Å². The summed E-state index contributed by atoms with van der Waals surface area (Å²) < 4.78 is 12.4. The number of nitrogens with zero attached hydrogens (tertiary/aromatic N) is 2. The Labute approximate surface area is 116 Å². The summed E-state index contributed by atoms with van der Waals surface area (Å²) in [6, 6.07) is 7.71. The van der Waals surface area contributed by atoms with Crippen molar-refractivity contribution in [2.75, 3.05) is 20.3 Å². The van der Waals surface area contributed by atoms with Crippen molar-refractivity contribution < 1.29 is 14.3 Å². The minimum absolute atomic E-state index is 0.140. The summed E-state index contributed by atoms with van der Waals surface area (Å²) in [5.41, 5.74) is 1.54. The van der Waals surface area contributed by atoms with Crippen LogP contribution >= 0.6 is 0 Å². The first-order chi connectivity index (χ1) is 9.78. The molecule has 1 aromatic heterocycles. The third-order valence-electron chi connectivity index (χ3n) is 3.15. The van der Waals surface area contributed by atoms with E-state index in [1.54, 1.807) is 18.0 Å². The van der Waals surface area contributed by atoms with E-state index < -0.39 is 0 Å². The fraction of sp³-hybridized carbons (Fsp3) is 0.286. The summed E-state index contributed by atoms with van der Waals surface area (Å²) in [5, 5.41) is 6.99. The first-order valence-corrected chi connectivity index (χ1v) is 6.37. The molecule has 0 unspecified atom stereocenters. The topological polar surface area (TPSA) is 65.4 Å². The van der Waals surface area contributed by atoms with Gasteiger partial charge in [-0.2, -0.15) is 5.10 Å². The van der Waals surface area contributed by atoms with Crippen LogP contribution < -0.4 is 14.8 Å². The minimum Gasteiger partial charge on any atom is -0.497 e. The quantitative estimate of drug-likeness (QED) is 0.908. The molecule has 0 atom stereocenters. The number of hydrogen-bond acceptors (Lipinski definition) is 4. The highest BCUT2D eigenvalue weighted by molar-refractivity contribution is 5.96. The molecule has 20 heavy (non-hydrogen) atoms. The van der Waals surface area contributed by atoms with Gasteiger partial charge >= 0.3 is 0 Å². The van der Waals surface area contributed by atoms with Crippen LogP contribution in [0.5, 0.6) is 11.6 Å². The van der Waals surface area contributed by atoms with E-state index in [2.05, 4.69) is 10.4 Å². The van der Waals surface area contributed by atoms with E-state index in [4.69, 9.17) is 9.47 Å². The lowest BCUT2D eigenvalue weighted by atomic mass is 10.2. The first kappa shape index (κ1) is 12.5. The molecular formula is C14H15N3O3. The molecule has 0 aliphatic carbocycles. The highest BCUT2D eigenvalue weighted by atomic mass is 16.5. The Balaban J connectivity index is 1.85. The summed E-state index contributed by atoms with van der Waals surface area (Å²) in [5.74, 6) is 1.19. The second-order valence-corrected chi connectivity index (χ2v) is 4.47. The number of hydrogen-bond donors (Lipinski definition) is 1. The van der Waals surface area contributed by atoms with Crippen molar-refractivity contribution in [3.05, 3.63) is 41.6 Å². The Morgan fingerprint density at radius 2 is 2.20 bits per heavy atom. The second kappa shape index (κ2) is 5.24. The van der Waals surface area contributed by atoms with E-state index in [0.717, 1.165) is 11.3 Å². The van der Waals surface area contributed by atoms with E-state index in [-0.39, 0.29) is 5.91 Å². The van der Waals surface area contributed by atoms with Crippen molar-refractivity contribution in [2.24, 2.45) is 0 Å². The molecule has 1 N–H and O–H groups in total. The molecule has 0 spiro atoms. The van der Waals surface area contributed by atoms with Gasteiger partial charge in [0.2, 0.25) is 5.88 Å². The highest BCUT2D eigenvalue weighted by Gasteiger charge is 2.21. The number of methoxy groups -OCH3 is 1. The van der Waals surface area contributed by atoms with Crippen LogP contribution in [0.15, 0.2) is 30.5 Å². The number of aromatic nitrogens is 2. The maximum atomic E-state index is 11.8. The predicted octanol–water partition coefficient (Wildman–Crippen LogP) is 1.06. The van der Waals surface area contributed by atoms with Gasteiger partial charge in [0.1, 0.15) is 17.9 Å². The molecular weight excluding hydrogens is 258 g/mol. The van der Waals surface area contributed by atoms with Gasteiger partial charge in [-0.25, -0.2) is 4.68 Å². The molecule has 0 bridgehead atoms. The van der Waals surface area contributed by atoms with Crippen LogP contribution in [0.1, 0.15) is 15.9 Å². The Kier molecular flexibility index (Phi) is 3.28.